The molecule has 1 amide bonds. The Morgan fingerprint density at radius 3 is 2.75 bits per heavy atom. The van der Waals surface area contributed by atoms with Crippen LogP contribution in [-0.2, 0) is 31.4 Å². The number of amides is 1. The molecule has 1 fully saturated rings. The molecule has 0 radical (unpaired) electrons. The molecule has 0 saturated heterocycles. The van der Waals surface area contributed by atoms with Gasteiger partial charge in [-0.25, -0.2) is 13.1 Å². The first-order valence-corrected chi connectivity index (χ1v) is 17.6. The molecule has 1 saturated carbocycles. The van der Waals surface area contributed by atoms with Crippen LogP contribution in [-0.4, -0.2) is 58.3 Å². The number of sulfonamides is 1. The topological polar surface area (TPSA) is 102 Å². The van der Waals surface area contributed by atoms with Crippen molar-refractivity contribution in [3.8, 4) is 5.75 Å². The van der Waals surface area contributed by atoms with Gasteiger partial charge in [0.05, 0.1) is 17.5 Å². The van der Waals surface area contributed by atoms with E-state index >= 15 is 0 Å². The number of anilines is 1. The summed E-state index contributed by atoms with van der Waals surface area (Å²) < 4.78 is 41.4. The van der Waals surface area contributed by atoms with Crippen LogP contribution in [0.4, 0.5) is 5.69 Å². The van der Waals surface area contributed by atoms with Gasteiger partial charge in [0.15, 0.2) is 6.29 Å². The van der Waals surface area contributed by atoms with E-state index in [2.05, 4.69) is 21.8 Å². The second-order valence-electron chi connectivity index (χ2n) is 12.9. The third-order valence-electron chi connectivity index (χ3n) is 10.5. The highest BCUT2D eigenvalue weighted by molar-refractivity contribution is 7.90. The fourth-order valence-corrected chi connectivity index (χ4v) is 9.46. The second kappa shape index (κ2) is 12.1. The Morgan fingerprint density at radius 2 is 2.02 bits per heavy atom. The van der Waals surface area contributed by atoms with E-state index in [1.807, 2.05) is 18.2 Å². The van der Waals surface area contributed by atoms with E-state index in [9.17, 15) is 18.0 Å². The number of aldehydes is 1. The van der Waals surface area contributed by atoms with Gasteiger partial charge < -0.3 is 14.4 Å². The Balaban J connectivity index is 1.46. The predicted molar refractivity (Wildman–Crippen MR) is 171 cm³/mol. The van der Waals surface area contributed by atoms with Crippen molar-refractivity contribution in [2.75, 3.05) is 31.7 Å². The number of aryl methyl sites for hydroxylation is 1. The second-order valence-corrected chi connectivity index (χ2v) is 15.3. The Morgan fingerprint density at radius 1 is 1.18 bits per heavy atom. The number of hydrogen-bond acceptors (Lipinski definition) is 7. The van der Waals surface area contributed by atoms with E-state index in [-0.39, 0.29) is 22.8 Å². The van der Waals surface area contributed by atoms with Crippen molar-refractivity contribution >= 4 is 39.5 Å². The zero-order chi connectivity index (χ0) is 31.1. The zero-order valence-electron chi connectivity index (χ0n) is 25.4. The van der Waals surface area contributed by atoms with Gasteiger partial charge in [0, 0.05) is 42.1 Å². The summed E-state index contributed by atoms with van der Waals surface area (Å²) in [5.41, 5.74) is 2.08. The molecule has 236 valence electrons. The lowest BCUT2D eigenvalue weighted by molar-refractivity contribution is -0.135. The van der Waals surface area contributed by atoms with Crippen LogP contribution in [0, 0.1) is 11.8 Å². The lowest BCUT2D eigenvalue weighted by atomic mass is 9.64. The number of ether oxygens (including phenoxy) is 2. The number of rotatable bonds is 3. The summed E-state index contributed by atoms with van der Waals surface area (Å²) in [7, 11) is -2.37. The average molecular weight is 641 g/mol. The summed E-state index contributed by atoms with van der Waals surface area (Å²) in [5.74, 6) is 0.132. The maximum absolute atomic E-state index is 13.4. The third-order valence-corrected chi connectivity index (χ3v) is 12.6. The van der Waals surface area contributed by atoms with Crippen LogP contribution >= 0.6 is 11.6 Å². The fourth-order valence-electron chi connectivity index (χ4n) is 7.84. The van der Waals surface area contributed by atoms with E-state index in [0.717, 1.165) is 49.1 Å². The van der Waals surface area contributed by atoms with Crippen molar-refractivity contribution in [1.29, 1.82) is 0 Å². The first-order valence-electron chi connectivity index (χ1n) is 15.7. The highest BCUT2D eigenvalue weighted by Crippen LogP contribution is 2.48. The lowest BCUT2D eigenvalue weighted by Gasteiger charge is -2.48. The van der Waals surface area contributed by atoms with Crippen LogP contribution in [0.3, 0.4) is 0 Å². The van der Waals surface area contributed by atoms with Crippen molar-refractivity contribution < 1.29 is 27.5 Å². The standard InChI is InChI=1S/C34H41ClN2O6S/c1-3-27-8-4-5-16-34(21-38,42-2)29-12-9-25(29)19-37-20-33(15-6-7-23-17-26(35)11-13-28(23)33)22-43-31-14-10-24(18-30(31)37)32(39)36-44(27,40)41/h5,10-11,13-14,16-18,21,25,27,29H,3-4,6-9,12,15,19-20,22H2,1-2H3,(H,36,39)/b16-5+/t25-,27+,29+,33-,34+/m0/s1. The number of methoxy groups -OCH3 is 1. The molecule has 1 spiro atoms. The van der Waals surface area contributed by atoms with Crippen molar-refractivity contribution in [3.05, 3.63) is 70.3 Å². The first-order chi connectivity index (χ1) is 21.1. The van der Waals surface area contributed by atoms with Crippen molar-refractivity contribution in [2.45, 2.75) is 74.6 Å². The summed E-state index contributed by atoms with van der Waals surface area (Å²) in [5, 5.41) is -0.0382. The minimum atomic E-state index is -3.94. The Kier molecular flexibility index (Phi) is 8.58. The molecule has 0 aromatic heterocycles. The number of halogens is 1. The zero-order valence-corrected chi connectivity index (χ0v) is 27.0. The maximum Gasteiger partial charge on any atom is 0.264 e. The van der Waals surface area contributed by atoms with E-state index < -0.39 is 26.8 Å². The fraction of sp³-hybridized carbons (Fsp3) is 0.529. The van der Waals surface area contributed by atoms with Crippen LogP contribution in [0.25, 0.3) is 0 Å². The first kappa shape index (κ1) is 31.1. The predicted octanol–water partition coefficient (Wildman–Crippen LogP) is 5.61. The molecule has 6 rings (SSSR count). The minimum Gasteiger partial charge on any atom is -0.490 e. The highest BCUT2D eigenvalue weighted by Gasteiger charge is 2.49. The number of nitrogens with zero attached hydrogens (tertiary/aromatic N) is 1. The summed E-state index contributed by atoms with van der Waals surface area (Å²) in [6, 6.07) is 11.3. The molecule has 4 aliphatic rings. The Labute approximate surface area is 265 Å². The van der Waals surface area contributed by atoms with Crippen molar-refractivity contribution in [2.24, 2.45) is 11.8 Å². The van der Waals surface area contributed by atoms with Crippen LogP contribution in [0.2, 0.25) is 5.02 Å². The Bertz CT molecular complexity index is 1580. The van der Waals surface area contributed by atoms with Gasteiger partial charge in [0.2, 0.25) is 10.0 Å². The van der Waals surface area contributed by atoms with Gasteiger partial charge in [-0.3, -0.25) is 9.59 Å². The molecule has 2 aliphatic heterocycles. The van der Waals surface area contributed by atoms with Crippen LogP contribution in [0.1, 0.15) is 73.4 Å². The molecule has 0 unspecified atom stereocenters. The molecule has 2 aromatic rings. The third kappa shape index (κ3) is 5.56. The van der Waals surface area contributed by atoms with E-state index in [1.165, 1.54) is 11.1 Å². The Hall–Kier alpha value is -2.88. The molecule has 1 N–H and O–H groups in total. The summed E-state index contributed by atoms with van der Waals surface area (Å²) in [6.07, 6.45) is 10.4. The molecule has 5 atom stereocenters. The number of carbonyl (C=O) groups excluding carboxylic acids is 2. The number of allylic oxidation sites excluding steroid dienone is 1. The van der Waals surface area contributed by atoms with E-state index in [1.54, 1.807) is 32.2 Å². The summed E-state index contributed by atoms with van der Waals surface area (Å²) in [6.45, 7) is 3.55. The average Bonchev–Trinajstić information content (AvgIpc) is 3.14. The SMILES string of the molecule is CC[C@@H]1CC/C=C/[C@](C=O)(OC)[C@@H]2CC[C@H]2CN2C[C@@]3(CCCc4cc(Cl)ccc43)COc3ccc(cc32)C(=O)NS1(=O)=O. The largest absolute Gasteiger partial charge is 0.490 e. The van der Waals surface area contributed by atoms with Crippen LogP contribution < -0.4 is 14.4 Å². The van der Waals surface area contributed by atoms with E-state index in [4.69, 9.17) is 21.1 Å². The molecule has 2 heterocycles. The molecule has 2 bridgehead atoms. The van der Waals surface area contributed by atoms with Gasteiger partial charge in [0.1, 0.15) is 11.4 Å². The van der Waals surface area contributed by atoms with Gasteiger partial charge in [0.25, 0.3) is 5.91 Å². The summed E-state index contributed by atoms with van der Waals surface area (Å²) >= 11 is 6.40. The van der Waals surface area contributed by atoms with Gasteiger partial charge in [-0.2, -0.15) is 0 Å². The molecule has 2 aromatic carbocycles. The van der Waals surface area contributed by atoms with Crippen LogP contribution in [0.5, 0.6) is 5.75 Å². The van der Waals surface area contributed by atoms with Gasteiger partial charge >= 0.3 is 0 Å². The minimum absolute atomic E-state index is 0.0349. The number of benzene rings is 2. The molecule has 8 nitrogen and oxygen atoms in total. The molecular formula is C34H41ClN2O6S. The van der Waals surface area contributed by atoms with Gasteiger partial charge in [-0.1, -0.05) is 30.7 Å². The molecule has 44 heavy (non-hydrogen) atoms. The van der Waals surface area contributed by atoms with Crippen LogP contribution in [0.15, 0.2) is 48.6 Å². The van der Waals surface area contributed by atoms with Gasteiger partial charge in [-0.05, 0) is 105 Å². The molecule has 2 aliphatic carbocycles. The maximum atomic E-state index is 13.4. The number of nitrogens with one attached hydrogen (secondary N) is 1. The number of fused-ring (bicyclic) bond motifs is 4. The van der Waals surface area contributed by atoms with E-state index in [0.29, 0.717) is 44.7 Å². The normalized spacial score (nSPS) is 32.2. The summed E-state index contributed by atoms with van der Waals surface area (Å²) in [4.78, 5) is 28.4. The quantitative estimate of drug-likeness (QED) is 0.344. The smallest absolute Gasteiger partial charge is 0.264 e. The van der Waals surface area contributed by atoms with Gasteiger partial charge in [-0.15, -0.1) is 0 Å². The van der Waals surface area contributed by atoms with Crippen molar-refractivity contribution in [1.82, 2.24) is 4.72 Å². The van der Waals surface area contributed by atoms with Crippen molar-refractivity contribution in [3.63, 3.8) is 0 Å². The highest BCUT2D eigenvalue weighted by atomic mass is 35.5. The number of hydrogen-bond donors (Lipinski definition) is 1. The molecular weight excluding hydrogens is 600 g/mol. The lowest BCUT2D eigenvalue weighted by Crippen LogP contribution is -2.53. The monoisotopic (exact) mass is 640 g/mol. The number of carbonyl (C=O) groups is 2. The molecule has 10 heteroatoms.